The third-order valence-electron chi connectivity index (χ3n) is 3.85. The van der Waals surface area contributed by atoms with Crippen LogP contribution >= 0.6 is 0 Å². The van der Waals surface area contributed by atoms with Crippen molar-refractivity contribution >= 4 is 10.9 Å². The first kappa shape index (κ1) is 16.3. The van der Waals surface area contributed by atoms with Crippen molar-refractivity contribution in [2.45, 2.75) is 26.1 Å². The van der Waals surface area contributed by atoms with Crippen molar-refractivity contribution in [2.24, 2.45) is 0 Å². The van der Waals surface area contributed by atoms with Gasteiger partial charge in [0.15, 0.2) is 0 Å². The van der Waals surface area contributed by atoms with Crippen LogP contribution in [0.15, 0.2) is 60.8 Å². The van der Waals surface area contributed by atoms with Crippen LogP contribution in [0.1, 0.15) is 18.9 Å². The van der Waals surface area contributed by atoms with E-state index in [0.717, 1.165) is 28.0 Å². The molecule has 1 aromatic heterocycles. The van der Waals surface area contributed by atoms with Crippen molar-refractivity contribution < 1.29 is 14.6 Å². The first-order valence-electron chi connectivity index (χ1n) is 8.13. The van der Waals surface area contributed by atoms with Crippen molar-refractivity contribution in [1.29, 1.82) is 0 Å². The first-order valence-corrected chi connectivity index (χ1v) is 8.13. The molecule has 1 atom stereocenters. The van der Waals surface area contributed by atoms with Gasteiger partial charge in [0, 0.05) is 17.1 Å². The van der Waals surface area contributed by atoms with E-state index >= 15 is 0 Å². The molecule has 2 aromatic carbocycles. The Balaban J connectivity index is 1.74. The van der Waals surface area contributed by atoms with Gasteiger partial charge in [0.2, 0.25) is 0 Å². The Kier molecular flexibility index (Phi) is 5.29. The topological polar surface area (TPSA) is 51.6 Å². The van der Waals surface area contributed by atoms with E-state index in [1.165, 1.54) is 0 Å². The molecule has 1 N–H and O–H groups in total. The second-order valence-electron chi connectivity index (χ2n) is 5.60. The molecule has 0 aliphatic rings. The molecule has 0 bridgehead atoms. The number of aliphatic hydroxyl groups excluding tert-OH is 1. The predicted octanol–water partition coefficient (Wildman–Crippen LogP) is 3.96. The number of rotatable bonds is 7. The predicted molar refractivity (Wildman–Crippen MR) is 94.3 cm³/mol. The zero-order valence-corrected chi connectivity index (χ0v) is 13.7. The quantitative estimate of drug-likeness (QED) is 0.715. The summed E-state index contributed by atoms with van der Waals surface area (Å²) < 4.78 is 11.7. The van der Waals surface area contributed by atoms with Gasteiger partial charge in [-0.15, -0.1) is 0 Å². The van der Waals surface area contributed by atoms with Crippen LogP contribution in [0.4, 0.5) is 0 Å². The summed E-state index contributed by atoms with van der Waals surface area (Å²) >= 11 is 0. The summed E-state index contributed by atoms with van der Waals surface area (Å²) in [7, 11) is 0. The van der Waals surface area contributed by atoms with Crippen molar-refractivity contribution in [1.82, 2.24) is 4.98 Å². The molecule has 124 valence electrons. The maximum absolute atomic E-state index is 9.67. The van der Waals surface area contributed by atoms with Gasteiger partial charge in [-0.1, -0.05) is 43.3 Å². The average Bonchev–Trinajstić information content (AvgIpc) is 2.65. The van der Waals surface area contributed by atoms with Crippen LogP contribution in [-0.2, 0) is 6.61 Å². The third kappa shape index (κ3) is 3.84. The van der Waals surface area contributed by atoms with E-state index in [2.05, 4.69) is 4.98 Å². The minimum Gasteiger partial charge on any atom is -0.490 e. The van der Waals surface area contributed by atoms with E-state index in [-0.39, 0.29) is 6.61 Å². The number of hydrogen-bond donors (Lipinski definition) is 1. The van der Waals surface area contributed by atoms with Crippen LogP contribution in [0.5, 0.6) is 11.5 Å². The highest BCUT2D eigenvalue weighted by Crippen LogP contribution is 2.26. The largest absolute Gasteiger partial charge is 0.490 e. The van der Waals surface area contributed by atoms with E-state index in [1.807, 2.05) is 61.5 Å². The smallest absolute Gasteiger partial charge is 0.146 e. The Bertz CT molecular complexity index is 798. The molecule has 0 saturated heterocycles. The van der Waals surface area contributed by atoms with Crippen LogP contribution in [-0.4, -0.2) is 22.8 Å². The highest BCUT2D eigenvalue weighted by atomic mass is 16.5. The highest BCUT2D eigenvalue weighted by Gasteiger charge is 2.08. The van der Waals surface area contributed by atoms with Gasteiger partial charge in [0.1, 0.15) is 30.2 Å². The van der Waals surface area contributed by atoms with Gasteiger partial charge in [-0.2, -0.15) is 0 Å². The fourth-order valence-corrected chi connectivity index (χ4v) is 2.42. The summed E-state index contributed by atoms with van der Waals surface area (Å²) in [5.41, 5.74) is 1.79. The molecule has 0 amide bonds. The average molecular weight is 323 g/mol. The van der Waals surface area contributed by atoms with Crippen molar-refractivity contribution in [3.63, 3.8) is 0 Å². The molecule has 0 saturated carbocycles. The molecule has 1 heterocycles. The zero-order chi connectivity index (χ0) is 16.8. The fraction of sp³-hybridized carbons (Fsp3) is 0.250. The number of hydrogen-bond acceptors (Lipinski definition) is 4. The number of benzene rings is 2. The summed E-state index contributed by atoms with van der Waals surface area (Å²) in [6, 6.07) is 17.5. The van der Waals surface area contributed by atoms with Crippen molar-refractivity contribution in [3.05, 3.63) is 66.4 Å². The third-order valence-corrected chi connectivity index (χ3v) is 3.85. The number of pyridine rings is 1. The molecular weight excluding hydrogens is 302 g/mol. The van der Waals surface area contributed by atoms with E-state index in [9.17, 15) is 5.11 Å². The molecule has 3 aromatic rings. The van der Waals surface area contributed by atoms with Crippen molar-refractivity contribution in [2.75, 3.05) is 6.61 Å². The van der Waals surface area contributed by atoms with E-state index < -0.39 is 6.10 Å². The summed E-state index contributed by atoms with van der Waals surface area (Å²) in [6.07, 6.45) is 1.97. The molecule has 4 nitrogen and oxygen atoms in total. The maximum atomic E-state index is 9.67. The Morgan fingerprint density at radius 3 is 2.62 bits per heavy atom. The van der Waals surface area contributed by atoms with Crippen LogP contribution < -0.4 is 9.47 Å². The lowest BCUT2D eigenvalue weighted by Gasteiger charge is -2.15. The van der Waals surface area contributed by atoms with E-state index in [1.54, 1.807) is 6.20 Å². The Morgan fingerprint density at radius 1 is 0.958 bits per heavy atom. The number of para-hydroxylation sites is 2. The fourth-order valence-electron chi connectivity index (χ4n) is 2.42. The van der Waals surface area contributed by atoms with Gasteiger partial charge in [-0.25, -0.2) is 0 Å². The minimum atomic E-state index is -0.457. The molecule has 0 aliphatic carbocycles. The summed E-state index contributed by atoms with van der Waals surface area (Å²) in [6.45, 7) is 2.59. The maximum Gasteiger partial charge on any atom is 0.146 e. The zero-order valence-electron chi connectivity index (χ0n) is 13.7. The van der Waals surface area contributed by atoms with Gasteiger partial charge in [0.25, 0.3) is 0 Å². The van der Waals surface area contributed by atoms with Gasteiger partial charge in [-0.05, 0) is 24.6 Å². The second kappa shape index (κ2) is 7.79. The standard InChI is InChI=1S/C20H21NO3/c1-2-17(22)14-24-18-10-4-3-7-16(18)13-23-19-11-5-8-15-9-6-12-21-20(15)19/h3-12,17,22H,2,13-14H2,1H3. The van der Waals surface area contributed by atoms with Gasteiger partial charge in [-0.3, -0.25) is 4.98 Å². The first-order chi connectivity index (χ1) is 11.8. The van der Waals surface area contributed by atoms with E-state index in [0.29, 0.717) is 13.0 Å². The summed E-state index contributed by atoms with van der Waals surface area (Å²) in [5.74, 6) is 1.48. The summed E-state index contributed by atoms with van der Waals surface area (Å²) in [5, 5.41) is 10.7. The lowest BCUT2D eigenvalue weighted by Crippen LogP contribution is -2.16. The van der Waals surface area contributed by atoms with Gasteiger partial charge >= 0.3 is 0 Å². The molecular formula is C20H21NO3. The number of ether oxygens (including phenoxy) is 2. The van der Waals surface area contributed by atoms with Crippen LogP contribution in [0.3, 0.4) is 0 Å². The molecule has 1 unspecified atom stereocenters. The molecule has 0 fully saturated rings. The Labute approximate surface area is 141 Å². The molecule has 0 spiro atoms. The lowest BCUT2D eigenvalue weighted by atomic mass is 10.2. The lowest BCUT2D eigenvalue weighted by molar-refractivity contribution is 0.103. The number of aliphatic hydroxyl groups is 1. The molecule has 24 heavy (non-hydrogen) atoms. The number of fused-ring (bicyclic) bond motifs is 1. The van der Waals surface area contributed by atoms with E-state index in [4.69, 9.17) is 9.47 Å². The van der Waals surface area contributed by atoms with Crippen LogP contribution in [0.2, 0.25) is 0 Å². The number of nitrogens with zero attached hydrogens (tertiary/aromatic N) is 1. The highest BCUT2D eigenvalue weighted by molar-refractivity contribution is 5.84. The summed E-state index contributed by atoms with van der Waals surface area (Å²) in [4.78, 5) is 4.40. The number of aromatic nitrogens is 1. The van der Waals surface area contributed by atoms with Crippen LogP contribution in [0, 0.1) is 0 Å². The Hall–Kier alpha value is -2.59. The molecule has 0 aliphatic heterocycles. The van der Waals surface area contributed by atoms with Gasteiger partial charge in [0.05, 0.1) is 6.10 Å². The monoisotopic (exact) mass is 323 g/mol. The molecule has 3 rings (SSSR count). The minimum absolute atomic E-state index is 0.281. The van der Waals surface area contributed by atoms with Crippen molar-refractivity contribution in [3.8, 4) is 11.5 Å². The SMILES string of the molecule is CCC(O)COc1ccccc1COc1cccc2cccnc12. The van der Waals surface area contributed by atoms with Crippen LogP contribution in [0.25, 0.3) is 10.9 Å². The Morgan fingerprint density at radius 2 is 1.75 bits per heavy atom. The van der Waals surface area contributed by atoms with Gasteiger partial charge < -0.3 is 14.6 Å². The molecule has 4 heteroatoms. The second-order valence-corrected chi connectivity index (χ2v) is 5.60. The normalized spacial score (nSPS) is 12.1. The molecule has 0 radical (unpaired) electrons.